The second kappa shape index (κ2) is 5.43. The molecule has 1 heterocycles. The van der Waals surface area contributed by atoms with Gasteiger partial charge in [0.25, 0.3) is 5.91 Å². The number of amides is 1. The molecule has 0 saturated heterocycles. The van der Waals surface area contributed by atoms with Gasteiger partial charge in [-0.05, 0) is 31.5 Å². The van der Waals surface area contributed by atoms with Gasteiger partial charge >= 0.3 is 5.97 Å². The molecule has 0 fully saturated rings. The van der Waals surface area contributed by atoms with Crippen molar-refractivity contribution in [1.82, 2.24) is 9.88 Å². The Labute approximate surface area is 100 Å². The Kier molecular flexibility index (Phi) is 4.20. The molecule has 1 amide bonds. The number of rotatable bonds is 4. The first-order valence-corrected chi connectivity index (χ1v) is 5.33. The number of hydrogen-bond acceptors (Lipinski definition) is 3. The number of carboxylic acid groups (broad SMARTS) is 1. The van der Waals surface area contributed by atoms with Crippen LogP contribution in [0.2, 0.25) is 0 Å². The Bertz CT molecular complexity index is 432. The second-order valence-corrected chi connectivity index (χ2v) is 4.08. The first-order valence-electron chi connectivity index (χ1n) is 5.33. The van der Waals surface area contributed by atoms with Crippen LogP contribution in [0.4, 0.5) is 0 Å². The molecule has 0 aromatic carbocycles. The Morgan fingerprint density at radius 3 is 2.71 bits per heavy atom. The van der Waals surface area contributed by atoms with Gasteiger partial charge in [0.1, 0.15) is 5.69 Å². The van der Waals surface area contributed by atoms with Gasteiger partial charge in [0.2, 0.25) is 0 Å². The van der Waals surface area contributed by atoms with Crippen molar-refractivity contribution in [3.8, 4) is 0 Å². The van der Waals surface area contributed by atoms with Gasteiger partial charge in [-0.15, -0.1) is 0 Å². The van der Waals surface area contributed by atoms with E-state index >= 15 is 0 Å². The summed E-state index contributed by atoms with van der Waals surface area (Å²) in [6.45, 7) is 3.57. The summed E-state index contributed by atoms with van der Waals surface area (Å²) in [5.41, 5.74) is 1.28. The number of aromatic nitrogens is 1. The lowest BCUT2D eigenvalue weighted by atomic mass is 10.2. The zero-order valence-electron chi connectivity index (χ0n) is 10.2. The van der Waals surface area contributed by atoms with Gasteiger partial charge in [-0.1, -0.05) is 0 Å². The molecule has 1 aromatic rings. The highest BCUT2D eigenvalue weighted by Gasteiger charge is 2.20. The molecule has 1 rings (SSSR count). The summed E-state index contributed by atoms with van der Waals surface area (Å²) in [5, 5.41) is 8.68. The molecular weight excluding hydrogens is 220 g/mol. The van der Waals surface area contributed by atoms with Crippen LogP contribution in [-0.4, -0.2) is 40.0 Å². The van der Waals surface area contributed by atoms with Gasteiger partial charge in [0.05, 0.1) is 6.42 Å². The minimum Gasteiger partial charge on any atom is -0.481 e. The summed E-state index contributed by atoms with van der Waals surface area (Å²) in [5.74, 6) is -1.18. The van der Waals surface area contributed by atoms with Crippen molar-refractivity contribution in [2.75, 3.05) is 7.05 Å². The molecule has 0 aliphatic heterocycles. The molecule has 92 valence electrons. The zero-order valence-corrected chi connectivity index (χ0v) is 10.2. The van der Waals surface area contributed by atoms with Gasteiger partial charge in [0, 0.05) is 19.3 Å². The van der Waals surface area contributed by atoms with E-state index in [9.17, 15) is 9.59 Å². The molecule has 1 N–H and O–H groups in total. The molecule has 0 aliphatic carbocycles. The van der Waals surface area contributed by atoms with E-state index in [2.05, 4.69) is 4.98 Å². The predicted molar refractivity (Wildman–Crippen MR) is 62.8 cm³/mol. The maximum atomic E-state index is 12.0. The van der Waals surface area contributed by atoms with Crippen LogP contribution in [0.15, 0.2) is 18.3 Å². The molecule has 0 saturated carbocycles. The van der Waals surface area contributed by atoms with Crippen LogP contribution in [0.1, 0.15) is 29.4 Å². The van der Waals surface area contributed by atoms with E-state index in [1.165, 1.54) is 4.90 Å². The first kappa shape index (κ1) is 13.2. The highest BCUT2D eigenvalue weighted by molar-refractivity contribution is 5.92. The first-order chi connectivity index (χ1) is 7.91. The molecule has 5 nitrogen and oxygen atoms in total. The quantitative estimate of drug-likeness (QED) is 0.856. The van der Waals surface area contributed by atoms with Gasteiger partial charge in [0.15, 0.2) is 0 Å². The Hall–Kier alpha value is -1.91. The average Bonchev–Trinajstić information content (AvgIpc) is 2.26. The highest BCUT2D eigenvalue weighted by atomic mass is 16.4. The van der Waals surface area contributed by atoms with E-state index < -0.39 is 5.97 Å². The summed E-state index contributed by atoms with van der Waals surface area (Å²) in [6.07, 6.45) is 1.49. The normalized spacial score (nSPS) is 11.9. The van der Waals surface area contributed by atoms with E-state index in [0.717, 1.165) is 5.56 Å². The van der Waals surface area contributed by atoms with Crippen molar-refractivity contribution in [3.63, 3.8) is 0 Å². The van der Waals surface area contributed by atoms with Crippen molar-refractivity contribution in [2.45, 2.75) is 26.3 Å². The van der Waals surface area contributed by atoms with Crippen molar-refractivity contribution in [2.24, 2.45) is 0 Å². The third-order valence-electron chi connectivity index (χ3n) is 2.59. The van der Waals surface area contributed by atoms with Gasteiger partial charge in [-0.25, -0.2) is 0 Å². The van der Waals surface area contributed by atoms with Gasteiger partial charge in [-0.2, -0.15) is 0 Å². The number of hydrogen-bond donors (Lipinski definition) is 1. The van der Waals surface area contributed by atoms with E-state index in [0.29, 0.717) is 5.69 Å². The fourth-order valence-electron chi connectivity index (χ4n) is 1.42. The summed E-state index contributed by atoms with van der Waals surface area (Å²) in [6, 6.07) is 3.13. The van der Waals surface area contributed by atoms with Gasteiger partial charge in [-0.3, -0.25) is 14.6 Å². The van der Waals surface area contributed by atoms with Crippen LogP contribution in [0.5, 0.6) is 0 Å². The standard InChI is InChI=1S/C12H16N2O3/c1-8-4-5-13-10(6-8)12(17)14(3)9(2)7-11(15)16/h4-6,9H,7H2,1-3H3,(H,15,16). The molecule has 5 heteroatoms. The molecule has 1 unspecified atom stereocenters. The van der Waals surface area contributed by atoms with Crippen LogP contribution in [0, 0.1) is 6.92 Å². The Morgan fingerprint density at radius 1 is 1.53 bits per heavy atom. The fourth-order valence-corrected chi connectivity index (χ4v) is 1.42. The number of carbonyl (C=O) groups is 2. The smallest absolute Gasteiger partial charge is 0.305 e. The highest BCUT2D eigenvalue weighted by Crippen LogP contribution is 2.08. The molecule has 17 heavy (non-hydrogen) atoms. The number of pyridine rings is 1. The molecule has 0 spiro atoms. The zero-order chi connectivity index (χ0) is 13.0. The van der Waals surface area contributed by atoms with Crippen LogP contribution < -0.4 is 0 Å². The lowest BCUT2D eigenvalue weighted by molar-refractivity contribution is -0.137. The summed E-state index contributed by atoms with van der Waals surface area (Å²) in [7, 11) is 1.58. The second-order valence-electron chi connectivity index (χ2n) is 4.08. The third kappa shape index (κ3) is 3.55. The van der Waals surface area contributed by atoms with E-state index in [1.807, 2.05) is 6.92 Å². The lowest BCUT2D eigenvalue weighted by Gasteiger charge is -2.23. The SMILES string of the molecule is Cc1ccnc(C(=O)N(C)C(C)CC(=O)O)c1. The molecule has 0 aliphatic rings. The monoisotopic (exact) mass is 236 g/mol. The number of aliphatic carboxylic acids is 1. The summed E-state index contributed by atoms with van der Waals surface area (Å²) < 4.78 is 0. The van der Waals surface area contributed by atoms with Crippen LogP contribution in [-0.2, 0) is 4.79 Å². The van der Waals surface area contributed by atoms with E-state index in [1.54, 1.807) is 32.3 Å². The maximum absolute atomic E-state index is 12.0. The summed E-state index contributed by atoms with van der Waals surface area (Å²) >= 11 is 0. The molecular formula is C12H16N2O3. The molecule has 0 radical (unpaired) electrons. The number of carboxylic acids is 1. The Morgan fingerprint density at radius 2 is 2.18 bits per heavy atom. The largest absolute Gasteiger partial charge is 0.481 e. The summed E-state index contributed by atoms with van der Waals surface area (Å²) in [4.78, 5) is 27.9. The van der Waals surface area contributed by atoms with Crippen molar-refractivity contribution in [3.05, 3.63) is 29.6 Å². The third-order valence-corrected chi connectivity index (χ3v) is 2.59. The van der Waals surface area contributed by atoms with Crippen molar-refractivity contribution >= 4 is 11.9 Å². The van der Waals surface area contributed by atoms with Crippen LogP contribution >= 0.6 is 0 Å². The minimum atomic E-state index is -0.922. The molecule has 1 aromatic heterocycles. The van der Waals surface area contributed by atoms with Crippen molar-refractivity contribution in [1.29, 1.82) is 0 Å². The number of nitrogens with zero attached hydrogens (tertiary/aromatic N) is 2. The Balaban J connectivity index is 2.79. The average molecular weight is 236 g/mol. The minimum absolute atomic E-state index is 0.0753. The van der Waals surface area contributed by atoms with E-state index in [-0.39, 0.29) is 18.4 Å². The lowest BCUT2D eigenvalue weighted by Crippen LogP contribution is -2.36. The maximum Gasteiger partial charge on any atom is 0.305 e. The topological polar surface area (TPSA) is 70.5 Å². The van der Waals surface area contributed by atoms with E-state index in [4.69, 9.17) is 5.11 Å². The van der Waals surface area contributed by atoms with Crippen LogP contribution in [0.25, 0.3) is 0 Å². The van der Waals surface area contributed by atoms with Crippen LogP contribution in [0.3, 0.4) is 0 Å². The fraction of sp³-hybridized carbons (Fsp3) is 0.417. The number of aryl methyl sites for hydroxylation is 1. The number of carbonyl (C=O) groups excluding carboxylic acids is 1. The molecule has 1 atom stereocenters. The van der Waals surface area contributed by atoms with Crippen molar-refractivity contribution < 1.29 is 14.7 Å². The van der Waals surface area contributed by atoms with Gasteiger partial charge < -0.3 is 10.0 Å². The predicted octanol–water partition coefficient (Wildman–Crippen LogP) is 1.33. The molecule has 0 bridgehead atoms.